The van der Waals surface area contributed by atoms with Crippen LogP contribution in [0.3, 0.4) is 0 Å². The van der Waals surface area contributed by atoms with Crippen molar-refractivity contribution in [2.75, 3.05) is 6.61 Å². The van der Waals surface area contributed by atoms with Crippen LogP contribution in [0.2, 0.25) is 0 Å². The number of ether oxygens (including phenoxy) is 1. The summed E-state index contributed by atoms with van der Waals surface area (Å²) in [7, 11) is 0. The molecule has 1 aromatic heterocycles. The Balaban J connectivity index is 2.12. The third-order valence-electron chi connectivity index (χ3n) is 2.94. The highest BCUT2D eigenvalue weighted by atomic mass is 16.5. The Labute approximate surface area is 118 Å². The molecule has 104 valence electrons. The van der Waals surface area contributed by atoms with E-state index in [0.29, 0.717) is 18.1 Å². The largest absolute Gasteiger partial charge is 0.477 e. The Bertz CT molecular complexity index is 570. The van der Waals surface area contributed by atoms with Crippen molar-refractivity contribution in [1.29, 1.82) is 0 Å². The van der Waals surface area contributed by atoms with Crippen LogP contribution in [0, 0.1) is 0 Å². The van der Waals surface area contributed by atoms with Gasteiger partial charge in [0.25, 0.3) is 5.91 Å². The Morgan fingerprint density at radius 2 is 2.00 bits per heavy atom. The van der Waals surface area contributed by atoms with Crippen LogP contribution >= 0.6 is 0 Å². The van der Waals surface area contributed by atoms with Gasteiger partial charge < -0.3 is 10.1 Å². The Morgan fingerprint density at radius 1 is 1.25 bits per heavy atom. The fraction of sp³-hybridized carbons (Fsp3) is 0.250. The quantitative estimate of drug-likeness (QED) is 0.908. The second-order valence-electron chi connectivity index (χ2n) is 4.39. The van der Waals surface area contributed by atoms with Crippen molar-refractivity contribution in [2.45, 2.75) is 19.9 Å². The van der Waals surface area contributed by atoms with Gasteiger partial charge in [-0.15, -0.1) is 0 Å². The van der Waals surface area contributed by atoms with Gasteiger partial charge in [0, 0.05) is 6.20 Å². The van der Waals surface area contributed by atoms with Crippen LogP contribution in [0.4, 0.5) is 0 Å². The fourth-order valence-electron chi connectivity index (χ4n) is 1.91. The van der Waals surface area contributed by atoms with Gasteiger partial charge in [0.1, 0.15) is 5.56 Å². The summed E-state index contributed by atoms with van der Waals surface area (Å²) >= 11 is 0. The molecule has 1 atom stereocenters. The minimum atomic E-state index is -0.182. The number of carbonyl (C=O) groups is 1. The van der Waals surface area contributed by atoms with Gasteiger partial charge in [-0.2, -0.15) is 0 Å². The highest BCUT2D eigenvalue weighted by Gasteiger charge is 2.16. The van der Waals surface area contributed by atoms with Crippen molar-refractivity contribution in [3.63, 3.8) is 0 Å². The lowest BCUT2D eigenvalue weighted by Crippen LogP contribution is -2.27. The van der Waals surface area contributed by atoms with Crippen LogP contribution in [-0.4, -0.2) is 17.5 Å². The van der Waals surface area contributed by atoms with Gasteiger partial charge in [0.2, 0.25) is 5.88 Å². The van der Waals surface area contributed by atoms with Gasteiger partial charge in [-0.25, -0.2) is 4.98 Å². The maximum Gasteiger partial charge on any atom is 0.257 e. The van der Waals surface area contributed by atoms with Crippen LogP contribution in [0.15, 0.2) is 48.7 Å². The standard InChI is InChI=1S/C16H18N2O2/c1-3-20-16-14(10-7-11-17-16)15(19)18-12(2)13-8-5-4-6-9-13/h4-12H,3H2,1-2H3,(H,18,19). The average Bonchev–Trinajstić information content (AvgIpc) is 2.49. The van der Waals surface area contributed by atoms with Crippen molar-refractivity contribution >= 4 is 5.91 Å². The number of hydrogen-bond acceptors (Lipinski definition) is 3. The number of benzene rings is 1. The van der Waals surface area contributed by atoms with Crippen molar-refractivity contribution in [3.8, 4) is 5.88 Å². The Morgan fingerprint density at radius 3 is 2.70 bits per heavy atom. The monoisotopic (exact) mass is 270 g/mol. The number of nitrogens with one attached hydrogen (secondary N) is 1. The van der Waals surface area contributed by atoms with Crippen molar-refractivity contribution < 1.29 is 9.53 Å². The predicted octanol–water partition coefficient (Wildman–Crippen LogP) is 2.97. The van der Waals surface area contributed by atoms with E-state index in [4.69, 9.17) is 4.74 Å². The van der Waals surface area contributed by atoms with Crippen molar-refractivity contribution in [2.24, 2.45) is 0 Å². The van der Waals surface area contributed by atoms with Crippen molar-refractivity contribution in [1.82, 2.24) is 10.3 Å². The molecule has 0 spiro atoms. The number of aromatic nitrogens is 1. The minimum absolute atomic E-state index is 0.0709. The number of carbonyl (C=O) groups excluding carboxylic acids is 1. The van der Waals surface area contributed by atoms with E-state index in [1.54, 1.807) is 18.3 Å². The molecular formula is C16H18N2O2. The number of hydrogen-bond donors (Lipinski definition) is 1. The molecule has 20 heavy (non-hydrogen) atoms. The molecule has 0 radical (unpaired) electrons. The maximum absolute atomic E-state index is 12.3. The molecule has 0 bridgehead atoms. The summed E-state index contributed by atoms with van der Waals surface area (Å²) in [5.41, 5.74) is 1.51. The molecule has 1 heterocycles. The first-order valence-electron chi connectivity index (χ1n) is 6.66. The van der Waals surface area contributed by atoms with Crippen LogP contribution in [-0.2, 0) is 0 Å². The summed E-state index contributed by atoms with van der Waals surface area (Å²) in [6, 6.07) is 13.2. The summed E-state index contributed by atoms with van der Waals surface area (Å²) in [5, 5.41) is 2.95. The minimum Gasteiger partial charge on any atom is -0.477 e. The average molecular weight is 270 g/mol. The van der Waals surface area contributed by atoms with Crippen molar-refractivity contribution in [3.05, 3.63) is 59.8 Å². The predicted molar refractivity (Wildman–Crippen MR) is 77.7 cm³/mol. The highest BCUT2D eigenvalue weighted by Crippen LogP contribution is 2.17. The number of amides is 1. The molecule has 1 N–H and O–H groups in total. The first-order valence-corrected chi connectivity index (χ1v) is 6.66. The zero-order valence-electron chi connectivity index (χ0n) is 11.7. The molecule has 1 unspecified atom stereocenters. The third kappa shape index (κ3) is 3.35. The molecule has 2 aromatic rings. The van der Waals surface area contributed by atoms with Crippen LogP contribution in [0.25, 0.3) is 0 Å². The number of pyridine rings is 1. The molecule has 1 amide bonds. The summed E-state index contributed by atoms with van der Waals surface area (Å²) in [6.07, 6.45) is 1.61. The van der Waals surface area contributed by atoms with Gasteiger partial charge >= 0.3 is 0 Å². The van der Waals surface area contributed by atoms with Gasteiger partial charge in [0.15, 0.2) is 0 Å². The van der Waals surface area contributed by atoms with Crippen LogP contribution in [0.5, 0.6) is 5.88 Å². The molecule has 2 rings (SSSR count). The van der Waals surface area contributed by atoms with Gasteiger partial charge in [-0.3, -0.25) is 4.79 Å². The lowest BCUT2D eigenvalue weighted by Gasteiger charge is -2.15. The normalized spacial score (nSPS) is 11.7. The van der Waals surface area contributed by atoms with E-state index in [1.807, 2.05) is 44.2 Å². The zero-order valence-corrected chi connectivity index (χ0v) is 11.7. The Kier molecular flexibility index (Phi) is 4.71. The second-order valence-corrected chi connectivity index (χ2v) is 4.39. The molecule has 0 aliphatic heterocycles. The Hall–Kier alpha value is -2.36. The summed E-state index contributed by atoms with van der Waals surface area (Å²) in [6.45, 7) is 4.29. The SMILES string of the molecule is CCOc1ncccc1C(=O)NC(C)c1ccccc1. The van der Waals surface area contributed by atoms with Gasteiger partial charge in [-0.1, -0.05) is 30.3 Å². The third-order valence-corrected chi connectivity index (χ3v) is 2.94. The molecule has 0 saturated carbocycles. The lowest BCUT2D eigenvalue weighted by atomic mass is 10.1. The van der Waals surface area contributed by atoms with Gasteiger partial charge in [-0.05, 0) is 31.5 Å². The first kappa shape index (κ1) is 14.1. The highest BCUT2D eigenvalue weighted by molar-refractivity contribution is 5.96. The second kappa shape index (κ2) is 6.70. The van der Waals surface area contributed by atoms with E-state index in [1.165, 1.54) is 0 Å². The zero-order chi connectivity index (χ0) is 14.4. The van der Waals surface area contributed by atoms with E-state index in [9.17, 15) is 4.79 Å². The summed E-state index contributed by atoms with van der Waals surface area (Å²) < 4.78 is 5.37. The van der Waals surface area contributed by atoms with E-state index < -0.39 is 0 Å². The topological polar surface area (TPSA) is 51.2 Å². The molecule has 0 aliphatic carbocycles. The van der Waals surface area contributed by atoms with Crippen LogP contribution in [0.1, 0.15) is 35.8 Å². The lowest BCUT2D eigenvalue weighted by molar-refractivity contribution is 0.0935. The molecule has 4 heteroatoms. The molecule has 0 fully saturated rings. The molecule has 4 nitrogen and oxygen atoms in total. The smallest absolute Gasteiger partial charge is 0.257 e. The van der Waals surface area contributed by atoms with Gasteiger partial charge in [0.05, 0.1) is 12.6 Å². The maximum atomic E-state index is 12.3. The van der Waals surface area contributed by atoms with E-state index >= 15 is 0 Å². The van der Waals surface area contributed by atoms with E-state index in [-0.39, 0.29) is 11.9 Å². The number of nitrogens with zero attached hydrogens (tertiary/aromatic N) is 1. The molecular weight excluding hydrogens is 252 g/mol. The molecule has 0 saturated heterocycles. The first-order chi connectivity index (χ1) is 9.72. The fourth-order valence-corrected chi connectivity index (χ4v) is 1.91. The van der Waals surface area contributed by atoms with E-state index in [0.717, 1.165) is 5.56 Å². The summed E-state index contributed by atoms with van der Waals surface area (Å²) in [5.74, 6) is 0.186. The summed E-state index contributed by atoms with van der Waals surface area (Å²) in [4.78, 5) is 16.4. The van der Waals surface area contributed by atoms with Crippen LogP contribution < -0.4 is 10.1 Å². The molecule has 1 aromatic carbocycles. The molecule has 0 aliphatic rings. The number of rotatable bonds is 5. The van der Waals surface area contributed by atoms with E-state index in [2.05, 4.69) is 10.3 Å².